The highest BCUT2D eigenvalue weighted by atomic mass is 35.5. The molecule has 40 heavy (non-hydrogen) atoms. The second-order valence-electron chi connectivity index (χ2n) is 9.48. The number of alkyl halides is 3. The number of rotatable bonds is 12. The maximum atomic E-state index is 13.7. The summed E-state index contributed by atoms with van der Waals surface area (Å²) >= 11 is 6.37. The van der Waals surface area contributed by atoms with Crippen LogP contribution in [0.25, 0.3) is 0 Å². The largest absolute Gasteiger partial charge is 0.494 e. The lowest BCUT2D eigenvalue weighted by Gasteiger charge is -2.36. The zero-order valence-corrected chi connectivity index (χ0v) is 22.4. The van der Waals surface area contributed by atoms with Gasteiger partial charge in [0.1, 0.15) is 5.75 Å². The lowest BCUT2D eigenvalue weighted by molar-refractivity contribution is -0.137. The Morgan fingerprint density at radius 3 is 2.08 bits per heavy atom. The van der Waals surface area contributed by atoms with Crippen LogP contribution in [0.1, 0.15) is 39.0 Å². The van der Waals surface area contributed by atoms with Crippen LogP contribution in [0.15, 0.2) is 103 Å². The predicted molar refractivity (Wildman–Crippen MR) is 150 cm³/mol. The molecule has 0 fully saturated rings. The average molecular weight is 568 g/mol. The van der Waals surface area contributed by atoms with Crippen molar-refractivity contribution < 1.29 is 27.8 Å². The Hall–Kier alpha value is -3.81. The van der Waals surface area contributed by atoms with Crippen LogP contribution >= 0.6 is 11.6 Å². The molecule has 0 aromatic heterocycles. The predicted octanol–water partition coefficient (Wildman–Crippen LogP) is 7.64. The van der Waals surface area contributed by atoms with Gasteiger partial charge in [-0.05, 0) is 60.3 Å². The van der Waals surface area contributed by atoms with Crippen LogP contribution in [-0.4, -0.2) is 30.8 Å². The lowest BCUT2D eigenvalue weighted by atomic mass is 9.70. The van der Waals surface area contributed by atoms with Gasteiger partial charge in [-0.2, -0.15) is 13.2 Å². The third kappa shape index (κ3) is 7.03. The molecule has 0 radical (unpaired) electrons. The Balaban J connectivity index is 1.57. The highest BCUT2D eigenvalue weighted by molar-refractivity contribution is 6.32. The summed E-state index contributed by atoms with van der Waals surface area (Å²) in [6, 6.07) is 29.8. The van der Waals surface area contributed by atoms with E-state index in [-0.39, 0.29) is 17.0 Å². The third-order valence-corrected chi connectivity index (χ3v) is 7.25. The highest BCUT2D eigenvalue weighted by Gasteiger charge is 2.38. The molecule has 0 saturated carbocycles. The second kappa shape index (κ2) is 13.0. The summed E-state index contributed by atoms with van der Waals surface area (Å²) in [5.74, 6) is -0.548. The molecule has 208 valence electrons. The molecule has 4 rings (SSSR count). The third-order valence-electron chi connectivity index (χ3n) is 6.80. The van der Waals surface area contributed by atoms with E-state index in [1.807, 2.05) is 60.7 Å². The smallest absolute Gasteiger partial charge is 0.417 e. The number of halogens is 4. The fourth-order valence-electron chi connectivity index (χ4n) is 4.82. The minimum absolute atomic E-state index is 0.152. The van der Waals surface area contributed by atoms with E-state index in [0.29, 0.717) is 37.4 Å². The molecule has 0 atom stereocenters. The number of aromatic carboxylic acids is 1. The molecule has 0 aliphatic heterocycles. The van der Waals surface area contributed by atoms with Gasteiger partial charge in [-0.15, -0.1) is 0 Å². The van der Waals surface area contributed by atoms with Gasteiger partial charge in [0.25, 0.3) is 0 Å². The van der Waals surface area contributed by atoms with Gasteiger partial charge in [0.05, 0.1) is 22.8 Å². The molecule has 0 aliphatic rings. The van der Waals surface area contributed by atoms with E-state index < -0.39 is 23.1 Å². The quantitative estimate of drug-likeness (QED) is 0.173. The van der Waals surface area contributed by atoms with Gasteiger partial charge in [0.2, 0.25) is 0 Å². The summed E-state index contributed by atoms with van der Waals surface area (Å²) in [7, 11) is 0. The molecule has 4 aromatic carbocycles. The van der Waals surface area contributed by atoms with Gasteiger partial charge < -0.3 is 15.2 Å². The van der Waals surface area contributed by atoms with Gasteiger partial charge in [-0.1, -0.05) is 90.5 Å². The number of carbonyl (C=O) groups is 1. The summed E-state index contributed by atoms with van der Waals surface area (Å²) in [6.07, 6.45) is -3.69. The molecule has 0 saturated heterocycles. The van der Waals surface area contributed by atoms with Crippen molar-refractivity contribution in [2.75, 3.05) is 19.7 Å². The van der Waals surface area contributed by atoms with Crippen LogP contribution in [-0.2, 0) is 18.0 Å². The number of carboxylic acid groups (broad SMARTS) is 1. The van der Waals surface area contributed by atoms with Crippen molar-refractivity contribution in [3.05, 3.63) is 136 Å². The van der Waals surface area contributed by atoms with E-state index in [2.05, 4.69) is 5.32 Å². The standard InChI is InChI=1S/C32H29ClF3NO3/c33-29-24(11-8-17-28(29)32(34,35)36)21-31(25-12-3-1-4-13-25,26-14-5-2-6-15-26)22-37-18-9-19-40-27-16-7-10-23(20-27)30(38)39/h1-8,10-17,20,37H,9,18-19,21-22H2,(H,38,39). The molecule has 0 bridgehead atoms. The van der Waals surface area contributed by atoms with Gasteiger partial charge in [0.15, 0.2) is 0 Å². The maximum Gasteiger partial charge on any atom is 0.417 e. The molecular weight excluding hydrogens is 539 g/mol. The zero-order chi connectivity index (χ0) is 28.6. The topological polar surface area (TPSA) is 58.6 Å². The molecule has 0 aliphatic carbocycles. The molecular formula is C32H29ClF3NO3. The molecule has 0 spiro atoms. The van der Waals surface area contributed by atoms with E-state index in [1.165, 1.54) is 18.2 Å². The summed E-state index contributed by atoms with van der Waals surface area (Å²) in [5.41, 5.74) is 0.895. The molecule has 8 heteroatoms. The van der Waals surface area contributed by atoms with Crippen molar-refractivity contribution in [1.29, 1.82) is 0 Å². The van der Waals surface area contributed by atoms with Gasteiger partial charge in [-0.25, -0.2) is 4.79 Å². The van der Waals surface area contributed by atoms with Crippen LogP contribution in [0, 0.1) is 0 Å². The van der Waals surface area contributed by atoms with Gasteiger partial charge in [0, 0.05) is 12.0 Å². The molecule has 2 N–H and O–H groups in total. The highest BCUT2D eigenvalue weighted by Crippen LogP contribution is 2.41. The molecule has 0 heterocycles. The van der Waals surface area contributed by atoms with E-state index >= 15 is 0 Å². The van der Waals surface area contributed by atoms with Crippen molar-refractivity contribution in [2.24, 2.45) is 0 Å². The first-order chi connectivity index (χ1) is 19.2. The number of ether oxygens (including phenoxy) is 1. The van der Waals surface area contributed by atoms with Crippen molar-refractivity contribution >= 4 is 17.6 Å². The summed E-state index contributed by atoms with van der Waals surface area (Å²) in [6.45, 7) is 1.36. The first-order valence-corrected chi connectivity index (χ1v) is 13.2. The fourth-order valence-corrected chi connectivity index (χ4v) is 5.12. The lowest BCUT2D eigenvalue weighted by Crippen LogP contribution is -2.42. The Morgan fingerprint density at radius 1 is 0.850 bits per heavy atom. The van der Waals surface area contributed by atoms with Crippen molar-refractivity contribution in [1.82, 2.24) is 5.32 Å². The number of hydrogen-bond donors (Lipinski definition) is 2. The Kier molecular flexibility index (Phi) is 9.50. The van der Waals surface area contributed by atoms with Crippen molar-refractivity contribution in [2.45, 2.75) is 24.4 Å². The number of carboxylic acids is 1. The van der Waals surface area contributed by atoms with Crippen LogP contribution in [0.2, 0.25) is 5.02 Å². The normalized spacial score (nSPS) is 11.8. The number of benzene rings is 4. The number of nitrogens with one attached hydrogen (secondary N) is 1. The van der Waals surface area contributed by atoms with Crippen molar-refractivity contribution in [3.8, 4) is 5.75 Å². The van der Waals surface area contributed by atoms with Crippen LogP contribution in [0.5, 0.6) is 5.75 Å². The molecule has 0 amide bonds. The van der Waals surface area contributed by atoms with Gasteiger partial charge in [-0.3, -0.25) is 0 Å². The maximum absolute atomic E-state index is 13.7. The monoisotopic (exact) mass is 567 g/mol. The molecule has 4 aromatic rings. The van der Waals surface area contributed by atoms with E-state index in [1.54, 1.807) is 18.2 Å². The summed E-state index contributed by atoms with van der Waals surface area (Å²) in [5, 5.41) is 12.4. The van der Waals surface area contributed by atoms with E-state index in [9.17, 15) is 18.0 Å². The summed E-state index contributed by atoms with van der Waals surface area (Å²) in [4.78, 5) is 11.2. The van der Waals surface area contributed by atoms with Crippen molar-refractivity contribution in [3.63, 3.8) is 0 Å². The average Bonchev–Trinajstić information content (AvgIpc) is 2.95. The van der Waals surface area contributed by atoms with E-state index in [0.717, 1.165) is 17.2 Å². The first kappa shape index (κ1) is 29.2. The Morgan fingerprint density at radius 2 is 1.48 bits per heavy atom. The van der Waals surface area contributed by atoms with Crippen LogP contribution < -0.4 is 10.1 Å². The summed E-state index contributed by atoms with van der Waals surface area (Å²) < 4.78 is 46.8. The first-order valence-electron chi connectivity index (χ1n) is 12.8. The van der Waals surface area contributed by atoms with Gasteiger partial charge >= 0.3 is 12.1 Å². The minimum atomic E-state index is -4.56. The Labute approximate surface area is 236 Å². The van der Waals surface area contributed by atoms with Crippen LogP contribution in [0.4, 0.5) is 13.2 Å². The van der Waals surface area contributed by atoms with Crippen LogP contribution in [0.3, 0.4) is 0 Å². The number of hydrogen-bond acceptors (Lipinski definition) is 3. The zero-order valence-electron chi connectivity index (χ0n) is 21.6. The molecule has 0 unspecified atom stereocenters. The minimum Gasteiger partial charge on any atom is -0.494 e. The SMILES string of the molecule is O=C(O)c1cccc(OCCCNCC(Cc2cccc(C(F)(F)F)c2Cl)(c2ccccc2)c2ccccc2)c1. The second-order valence-corrected chi connectivity index (χ2v) is 9.86. The van der Waals surface area contributed by atoms with E-state index in [4.69, 9.17) is 21.4 Å². The molecule has 4 nitrogen and oxygen atoms in total. The Bertz CT molecular complexity index is 1370. The fraction of sp³-hybridized carbons (Fsp3) is 0.219.